The second-order valence-electron chi connectivity index (χ2n) is 6.00. The zero-order chi connectivity index (χ0) is 17.3. The summed E-state index contributed by atoms with van der Waals surface area (Å²) in [6.45, 7) is 9.91. The van der Waals surface area contributed by atoms with Crippen LogP contribution in [0.4, 0.5) is 4.79 Å². The van der Waals surface area contributed by atoms with Crippen LogP contribution in [-0.4, -0.2) is 64.7 Å². The van der Waals surface area contributed by atoms with Gasteiger partial charge < -0.3 is 0 Å². The quantitative estimate of drug-likeness (QED) is 0.235. The van der Waals surface area contributed by atoms with Gasteiger partial charge in [-0.05, 0) is 0 Å². The number of carbonyl (C=O) groups is 2. The molecule has 0 aromatic heterocycles. The van der Waals surface area contributed by atoms with E-state index in [1.165, 1.54) is 7.11 Å². The van der Waals surface area contributed by atoms with Crippen LogP contribution in [0.5, 0.6) is 0 Å². The Morgan fingerprint density at radius 2 is 1.86 bits per heavy atom. The van der Waals surface area contributed by atoms with Gasteiger partial charge in [-0.2, -0.15) is 0 Å². The number of nitrogens with zero attached hydrogens (tertiary/aromatic N) is 1. The van der Waals surface area contributed by atoms with Crippen LogP contribution in [0.3, 0.4) is 0 Å². The van der Waals surface area contributed by atoms with Crippen molar-refractivity contribution in [3.05, 3.63) is 0 Å². The monoisotopic (exact) mass is 380 g/mol. The van der Waals surface area contributed by atoms with Gasteiger partial charge in [0, 0.05) is 0 Å². The fraction of sp³-hybridized carbons (Fsp3) is 0.786. The van der Waals surface area contributed by atoms with E-state index >= 15 is 0 Å². The number of aliphatic imine (C=N–C) groups is 1. The fourth-order valence-electron chi connectivity index (χ4n) is 1.43. The number of nitrogens with one attached hydrogen (secondary N) is 2. The molecule has 0 spiro atoms. The van der Waals surface area contributed by atoms with Gasteiger partial charge in [-0.3, -0.25) is 0 Å². The molecule has 0 heterocycles. The number of amides is 1. The Hall–Kier alpha value is -1.27. The van der Waals surface area contributed by atoms with E-state index in [1.54, 1.807) is 20.8 Å². The first-order valence-electron chi connectivity index (χ1n) is 7.09. The summed E-state index contributed by atoms with van der Waals surface area (Å²) in [5.74, 6) is -0.282. The average molecular weight is 379 g/mol. The van der Waals surface area contributed by atoms with E-state index < -0.39 is 17.7 Å². The Morgan fingerprint density at radius 3 is 2.32 bits per heavy atom. The Labute approximate surface area is 140 Å². The number of methoxy groups -OCH3 is 1. The maximum absolute atomic E-state index is 11.6. The first kappa shape index (κ1) is 20.7. The number of alkyl carbamates (subject to hydrolysis) is 1. The van der Waals surface area contributed by atoms with Crippen molar-refractivity contribution in [3.63, 3.8) is 0 Å². The van der Waals surface area contributed by atoms with Gasteiger partial charge in [0.25, 0.3) is 0 Å². The van der Waals surface area contributed by atoms with Gasteiger partial charge in [-0.15, -0.1) is 0 Å². The second-order valence-corrected chi connectivity index (χ2v) is 6.82. The summed E-state index contributed by atoms with van der Waals surface area (Å²) in [5, 5.41) is 5.57. The summed E-state index contributed by atoms with van der Waals surface area (Å²) >= 11 is 2.75. The van der Waals surface area contributed by atoms with Crippen molar-refractivity contribution in [2.24, 2.45) is 10.9 Å². The van der Waals surface area contributed by atoms with Crippen LogP contribution < -0.4 is 10.6 Å². The summed E-state index contributed by atoms with van der Waals surface area (Å²) in [5.41, 5.74) is -0.524. The zero-order valence-electron chi connectivity index (χ0n) is 14.1. The number of carbonyl (C=O) groups excluding carboxylic acids is 2. The summed E-state index contributed by atoms with van der Waals surface area (Å²) in [6.07, 6.45) is -0.480. The molecule has 0 bridgehead atoms. The van der Waals surface area contributed by atoms with Crippen molar-refractivity contribution in [2.75, 3.05) is 20.2 Å². The summed E-state index contributed by atoms with van der Waals surface area (Å²) in [6, 6.07) is -0.469. The molecule has 127 valence electrons. The molecule has 1 atom stereocenters. The van der Waals surface area contributed by atoms with Crippen LogP contribution in [0.25, 0.3) is 0 Å². The third kappa shape index (κ3) is 9.63. The molecule has 0 aliphatic rings. The Kier molecular flexibility index (Phi) is 9.13. The van der Waals surface area contributed by atoms with Crippen LogP contribution in [-0.2, 0) is 14.3 Å². The minimum atomic E-state index is -0.524. The molecular weight excluding hydrogens is 353 g/mol. The molecule has 0 unspecified atom stereocenters. The van der Waals surface area contributed by atoms with Crippen LogP contribution in [0.2, 0.25) is 0 Å². The molecule has 1 amide bonds. The molecule has 22 heavy (non-hydrogen) atoms. The number of hydrogen-bond acceptors (Lipinski definition) is 5. The predicted octanol–water partition coefficient (Wildman–Crippen LogP) is 0.823. The molecule has 0 fully saturated rings. The van der Waals surface area contributed by atoms with Crippen molar-refractivity contribution >= 4 is 32.8 Å². The van der Waals surface area contributed by atoms with Gasteiger partial charge in [0.05, 0.1) is 0 Å². The van der Waals surface area contributed by atoms with Crippen LogP contribution >= 0.6 is 0 Å². The first-order valence-corrected chi connectivity index (χ1v) is 7.95. The van der Waals surface area contributed by atoms with Crippen molar-refractivity contribution in [2.45, 2.75) is 46.3 Å². The summed E-state index contributed by atoms with van der Waals surface area (Å²) in [4.78, 5) is 27.2. The van der Waals surface area contributed by atoms with Crippen LogP contribution in [0.15, 0.2) is 4.99 Å². The van der Waals surface area contributed by atoms with Gasteiger partial charge in [-0.1, -0.05) is 0 Å². The Morgan fingerprint density at radius 1 is 1.27 bits per heavy atom. The molecule has 0 rings (SSSR count). The van der Waals surface area contributed by atoms with E-state index in [4.69, 9.17) is 9.47 Å². The zero-order valence-corrected chi connectivity index (χ0v) is 15.8. The van der Waals surface area contributed by atoms with Crippen LogP contribution in [0.1, 0.15) is 34.6 Å². The topological polar surface area (TPSA) is 89.0 Å². The number of amidine groups is 1. The molecule has 1 radical (unpaired) electrons. The molecule has 2 N–H and O–H groups in total. The van der Waals surface area contributed by atoms with Crippen molar-refractivity contribution in [3.8, 4) is 0 Å². The van der Waals surface area contributed by atoms with Gasteiger partial charge in [0.2, 0.25) is 0 Å². The third-order valence-electron chi connectivity index (χ3n) is 2.44. The van der Waals surface area contributed by atoms with E-state index in [2.05, 4.69) is 31.6 Å². The number of esters is 1. The Bertz CT molecular complexity index is 405. The molecular formula is C14H26N3O4Se. The standard InChI is InChI=1S/C14H26N3O4Se/c1-9(2)10(11(18)20-6)17-12(22)15-7-8-16-13(19)21-14(3,4)5/h9-10H,7-8H2,1-6H3,(H,15,17)(H,16,19)/t10-/m0/s1. The molecule has 7 nitrogen and oxygen atoms in total. The van der Waals surface area contributed by atoms with Gasteiger partial charge in [-0.25, -0.2) is 0 Å². The molecule has 0 saturated carbocycles. The number of hydrogen-bond donors (Lipinski definition) is 2. The van der Waals surface area contributed by atoms with E-state index in [9.17, 15) is 9.59 Å². The molecule has 0 aromatic rings. The van der Waals surface area contributed by atoms with E-state index in [-0.39, 0.29) is 11.9 Å². The van der Waals surface area contributed by atoms with Crippen molar-refractivity contribution in [1.82, 2.24) is 10.6 Å². The van der Waals surface area contributed by atoms with Gasteiger partial charge in [0.15, 0.2) is 0 Å². The number of ether oxygens (including phenoxy) is 2. The third-order valence-corrected chi connectivity index (χ3v) is 2.95. The first-order chi connectivity index (χ1) is 10.1. The minimum absolute atomic E-state index is 0.0610. The average Bonchev–Trinajstić information content (AvgIpc) is 2.37. The van der Waals surface area contributed by atoms with Crippen molar-refractivity contribution in [1.29, 1.82) is 0 Å². The van der Waals surface area contributed by atoms with Crippen molar-refractivity contribution < 1.29 is 19.1 Å². The van der Waals surface area contributed by atoms with E-state index in [1.807, 2.05) is 13.8 Å². The molecule has 8 heteroatoms. The summed E-state index contributed by atoms with van der Waals surface area (Å²) in [7, 11) is 1.35. The van der Waals surface area contributed by atoms with Gasteiger partial charge >= 0.3 is 140 Å². The molecule has 0 aliphatic carbocycles. The predicted molar refractivity (Wildman–Crippen MR) is 86.1 cm³/mol. The second kappa shape index (κ2) is 9.69. The fourth-order valence-corrected chi connectivity index (χ4v) is 1.89. The van der Waals surface area contributed by atoms with E-state index in [0.717, 1.165) is 0 Å². The van der Waals surface area contributed by atoms with Gasteiger partial charge in [0.1, 0.15) is 0 Å². The molecule has 0 aromatic carbocycles. The SMILES string of the molecule is COC(=O)[C@@H](NC([Se])=NCCNC(=O)OC(C)(C)C)C(C)C. The molecule has 0 saturated heterocycles. The Balaban J connectivity index is 4.23. The normalized spacial score (nSPS) is 13.5. The number of rotatable bonds is 6. The summed E-state index contributed by atoms with van der Waals surface area (Å²) < 4.78 is 10.3. The van der Waals surface area contributed by atoms with Crippen LogP contribution in [0, 0.1) is 5.92 Å². The molecule has 0 aliphatic heterocycles. The van der Waals surface area contributed by atoms with E-state index in [0.29, 0.717) is 17.8 Å². The maximum atomic E-state index is 11.6.